The van der Waals surface area contributed by atoms with Crippen LogP contribution in [0.15, 0.2) is 60.0 Å². The smallest absolute Gasteiger partial charge is 0.216 e. The van der Waals surface area contributed by atoms with Crippen LogP contribution in [0.4, 0.5) is 5.13 Å². The summed E-state index contributed by atoms with van der Waals surface area (Å²) in [7, 11) is 0. The van der Waals surface area contributed by atoms with E-state index in [0.717, 1.165) is 29.4 Å². The summed E-state index contributed by atoms with van der Waals surface area (Å²) in [6.07, 6.45) is 0.834. The van der Waals surface area contributed by atoms with Crippen LogP contribution in [0.2, 0.25) is 0 Å². The Morgan fingerprint density at radius 1 is 1.04 bits per heavy atom. The summed E-state index contributed by atoms with van der Waals surface area (Å²) in [6.45, 7) is 2.98. The number of benzene rings is 2. The van der Waals surface area contributed by atoms with Crippen molar-refractivity contribution in [2.75, 3.05) is 11.9 Å². The Hall–Kier alpha value is -2.66. The molecule has 0 saturated heterocycles. The van der Waals surface area contributed by atoms with Gasteiger partial charge in [0.25, 0.3) is 0 Å². The van der Waals surface area contributed by atoms with Gasteiger partial charge in [0.05, 0.1) is 5.69 Å². The molecule has 1 aromatic heterocycles. The average Bonchev–Trinajstić information content (AvgIpc) is 3.10. The van der Waals surface area contributed by atoms with E-state index in [9.17, 15) is 4.79 Å². The van der Waals surface area contributed by atoms with Crippen molar-refractivity contribution < 1.29 is 4.79 Å². The third-order valence-corrected chi connectivity index (χ3v) is 4.63. The van der Waals surface area contributed by atoms with Gasteiger partial charge < -0.3 is 10.6 Å². The van der Waals surface area contributed by atoms with E-state index in [1.165, 1.54) is 18.1 Å². The van der Waals surface area contributed by atoms with E-state index in [-0.39, 0.29) is 5.91 Å². The van der Waals surface area contributed by atoms with Gasteiger partial charge in [0.2, 0.25) is 5.91 Å². The third-order valence-electron chi connectivity index (χ3n) is 3.83. The van der Waals surface area contributed by atoms with Gasteiger partial charge in [-0.1, -0.05) is 54.6 Å². The largest absolute Gasteiger partial charge is 0.357 e. The highest BCUT2D eigenvalue weighted by atomic mass is 32.1. The molecule has 2 N–H and O–H groups in total. The molecule has 0 radical (unpaired) electrons. The van der Waals surface area contributed by atoms with Crippen LogP contribution in [0.3, 0.4) is 0 Å². The number of rotatable bonds is 7. The van der Waals surface area contributed by atoms with Gasteiger partial charge in [0.15, 0.2) is 5.13 Å². The topological polar surface area (TPSA) is 54.0 Å². The molecular weight excluding hydrogens is 330 g/mol. The molecule has 3 rings (SSSR count). The van der Waals surface area contributed by atoms with Crippen molar-refractivity contribution in [1.29, 1.82) is 0 Å². The van der Waals surface area contributed by atoms with E-state index >= 15 is 0 Å². The average molecular weight is 351 g/mol. The van der Waals surface area contributed by atoms with E-state index in [2.05, 4.69) is 57.4 Å². The minimum Gasteiger partial charge on any atom is -0.357 e. The molecule has 0 spiro atoms. The summed E-state index contributed by atoms with van der Waals surface area (Å²) in [5.74, 6) is 0.00891. The summed E-state index contributed by atoms with van der Waals surface area (Å²) < 4.78 is 0. The second-order valence-corrected chi connectivity index (χ2v) is 6.67. The molecule has 128 valence electrons. The molecule has 0 aliphatic carbocycles. The maximum absolute atomic E-state index is 10.9. The molecule has 2 aromatic carbocycles. The van der Waals surface area contributed by atoms with Gasteiger partial charge in [-0.05, 0) is 17.5 Å². The van der Waals surface area contributed by atoms with Crippen LogP contribution in [0.5, 0.6) is 0 Å². The van der Waals surface area contributed by atoms with Crippen molar-refractivity contribution in [3.8, 4) is 11.3 Å². The summed E-state index contributed by atoms with van der Waals surface area (Å²) in [4.78, 5) is 15.6. The normalized spacial score (nSPS) is 10.4. The molecular formula is C20H21N3OS. The maximum atomic E-state index is 10.9. The van der Waals surface area contributed by atoms with E-state index in [4.69, 9.17) is 0 Å². The molecule has 0 aliphatic rings. The Balaban J connectivity index is 1.57. The zero-order valence-corrected chi connectivity index (χ0v) is 15.0. The SMILES string of the molecule is CC(=O)NCCc1ccc(-c2csc(NCc3ccccc3)n2)cc1. The lowest BCUT2D eigenvalue weighted by Crippen LogP contribution is -2.22. The zero-order chi connectivity index (χ0) is 17.5. The zero-order valence-electron chi connectivity index (χ0n) is 14.2. The van der Waals surface area contributed by atoms with Crippen molar-refractivity contribution >= 4 is 22.4 Å². The van der Waals surface area contributed by atoms with Crippen LogP contribution in [0.25, 0.3) is 11.3 Å². The number of nitrogens with zero attached hydrogens (tertiary/aromatic N) is 1. The molecule has 25 heavy (non-hydrogen) atoms. The first-order valence-corrected chi connectivity index (χ1v) is 9.16. The Morgan fingerprint density at radius 3 is 2.52 bits per heavy atom. The number of carbonyl (C=O) groups is 1. The van der Waals surface area contributed by atoms with Crippen LogP contribution in [-0.4, -0.2) is 17.4 Å². The lowest BCUT2D eigenvalue weighted by Gasteiger charge is -2.04. The fraction of sp³-hybridized carbons (Fsp3) is 0.200. The first-order valence-electron chi connectivity index (χ1n) is 8.28. The van der Waals surface area contributed by atoms with Crippen LogP contribution in [0.1, 0.15) is 18.1 Å². The van der Waals surface area contributed by atoms with Crippen molar-refractivity contribution in [1.82, 2.24) is 10.3 Å². The monoisotopic (exact) mass is 351 g/mol. The summed E-state index contributed by atoms with van der Waals surface area (Å²) in [5.41, 5.74) is 4.53. The number of nitrogens with one attached hydrogen (secondary N) is 2. The Morgan fingerprint density at radius 2 is 1.80 bits per heavy atom. The molecule has 5 heteroatoms. The van der Waals surface area contributed by atoms with Gasteiger partial charge in [-0.25, -0.2) is 4.98 Å². The summed E-state index contributed by atoms with van der Waals surface area (Å²) >= 11 is 1.62. The second kappa shape index (κ2) is 8.44. The molecule has 0 aliphatic heterocycles. The van der Waals surface area contributed by atoms with Gasteiger partial charge in [0.1, 0.15) is 0 Å². The highest BCUT2D eigenvalue weighted by Gasteiger charge is 2.05. The quantitative estimate of drug-likeness (QED) is 0.674. The molecule has 3 aromatic rings. The molecule has 0 saturated carbocycles. The standard InChI is InChI=1S/C20H21N3OS/c1-15(24)21-12-11-16-7-9-18(10-8-16)19-14-25-20(23-19)22-13-17-5-3-2-4-6-17/h2-10,14H,11-13H2,1H3,(H,21,24)(H,22,23). The molecule has 4 nitrogen and oxygen atoms in total. The van der Waals surface area contributed by atoms with Gasteiger partial charge in [-0.3, -0.25) is 4.79 Å². The minimum absolute atomic E-state index is 0.00891. The van der Waals surface area contributed by atoms with Crippen molar-refractivity contribution in [2.24, 2.45) is 0 Å². The Kier molecular flexibility index (Phi) is 5.80. The number of amides is 1. The van der Waals surface area contributed by atoms with E-state index < -0.39 is 0 Å². The van der Waals surface area contributed by atoms with E-state index in [0.29, 0.717) is 6.54 Å². The Labute approximate surface area is 151 Å². The first-order chi connectivity index (χ1) is 12.2. The minimum atomic E-state index is 0.00891. The molecule has 0 atom stereocenters. The van der Waals surface area contributed by atoms with Gasteiger partial charge in [0, 0.05) is 31.0 Å². The molecule has 0 unspecified atom stereocenters. The molecule has 0 bridgehead atoms. The maximum Gasteiger partial charge on any atom is 0.216 e. The summed E-state index contributed by atoms with van der Waals surface area (Å²) in [6, 6.07) is 18.6. The van der Waals surface area contributed by atoms with E-state index in [1.807, 2.05) is 18.2 Å². The molecule has 1 heterocycles. The number of carbonyl (C=O) groups excluding carboxylic acids is 1. The lowest BCUT2D eigenvalue weighted by molar-refractivity contribution is -0.118. The fourth-order valence-electron chi connectivity index (χ4n) is 2.49. The van der Waals surface area contributed by atoms with Crippen LogP contribution < -0.4 is 10.6 Å². The number of anilines is 1. The van der Waals surface area contributed by atoms with Gasteiger partial charge >= 0.3 is 0 Å². The van der Waals surface area contributed by atoms with Crippen molar-refractivity contribution in [2.45, 2.75) is 19.9 Å². The highest BCUT2D eigenvalue weighted by molar-refractivity contribution is 7.14. The predicted molar refractivity (Wildman–Crippen MR) is 104 cm³/mol. The van der Waals surface area contributed by atoms with E-state index in [1.54, 1.807) is 11.3 Å². The predicted octanol–water partition coefficient (Wildman–Crippen LogP) is 4.10. The first kappa shape index (κ1) is 17.2. The lowest BCUT2D eigenvalue weighted by atomic mass is 10.1. The third kappa shape index (κ3) is 5.16. The highest BCUT2D eigenvalue weighted by Crippen LogP contribution is 2.25. The molecule has 1 amide bonds. The van der Waals surface area contributed by atoms with Crippen molar-refractivity contribution in [3.63, 3.8) is 0 Å². The number of aromatic nitrogens is 1. The van der Waals surface area contributed by atoms with Gasteiger partial charge in [-0.2, -0.15) is 0 Å². The Bertz CT molecular complexity index is 812. The van der Waals surface area contributed by atoms with Crippen LogP contribution in [-0.2, 0) is 17.8 Å². The summed E-state index contributed by atoms with van der Waals surface area (Å²) in [5, 5.41) is 9.18. The number of thiazole rings is 1. The van der Waals surface area contributed by atoms with Gasteiger partial charge in [-0.15, -0.1) is 11.3 Å². The van der Waals surface area contributed by atoms with Crippen molar-refractivity contribution in [3.05, 3.63) is 71.1 Å². The molecule has 0 fully saturated rings. The number of hydrogen-bond donors (Lipinski definition) is 2. The van der Waals surface area contributed by atoms with Crippen LogP contribution >= 0.6 is 11.3 Å². The number of hydrogen-bond acceptors (Lipinski definition) is 4. The second-order valence-electron chi connectivity index (χ2n) is 5.81. The fourth-order valence-corrected chi connectivity index (χ4v) is 3.20. The van der Waals surface area contributed by atoms with Crippen LogP contribution in [0, 0.1) is 0 Å².